The van der Waals surface area contributed by atoms with Crippen LogP contribution in [0.1, 0.15) is 0 Å². The van der Waals surface area contributed by atoms with E-state index in [1.165, 1.54) is 12.3 Å². The molecule has 3 nitrogen and oxygen atoms in total. The maximum atomic E-state index is 11.6. The second kappa shape index (κ2) is 3.96. The van der Waals surface area contributed by atoms with E-state index >= 15 is 0 Å². The Labute approximate surface area is 99.0 Å². The summed E-state index contributed by atoms with van der Waals surface area (Å²) in [6.45, 7) is 0. The molecule has 2 rings (SSSR count). The first-order valence-electron chi connectivity index (χ1n) is 4.62. The molecule has 84 valence electrons. The predicted octanol–water partition coefficient (Wildman–Crippen LogP) is 2.74. The van der Waals surface area contributed by atoms with E-state index in [0.29, 0.717) is 10.6 Å². The van der Waals surface area contributed by atoms with Crippen LogP contribution in [0.2, 0.25) is 5.02 Å². The molecule has 0 saturated heterocycles. The fourth-order valence-electron chi connectivity index (χ4n) is 1.53. The van der Waals surface area contributed by atoms with Crippen LogP contribution < -0.4 is 0 Å². The number of aromatic nitrogens is 1. The van der Waals surface area contributed by atoms with Crippen molar-refractivity contribution >= 4 is 21.4 Å². The van der Waals surface area contributed by atoms with Gasteiger partial charge in [-0.2, -0.15) is 0 Å². The number of benzene rings is 1. The van der Waals surface area contributed by atoms with Crippen LogP contribution in [0.15, 0.2) is 41.4 Å². The van der Waals surface area contributed by atoms with Crippen LogP contribution in [0.25, 0.3) is 11.3 Å². The molecule has 0 amide bonds. The van der Waals surface area contributed by atoms with Crippen molar-refractivity contribution in [1.82, 2.24) is 4.98 Å². The minimum Gasteiger partial charge on any atom is -0.361 e. The maximum Gasteiger partial charge on any atom is 0.176 e. The smallest absolute Gasteiger partial charge is 0.176 e. The van der Waals surface area contributed by atoms with E-state index in [-0.39, 0.29) is 4.90 Å². The standard InChI is InChI=1S/C11H10ClNO2S/c1-16(14,15)11-5-4-8(12)7-9(11)10-3-2-6-13-10/h2-7,13H,1H3. The number of rotatable bonds is 2. The van der Waals surface area contributed by atoms with E-state index in [1.54, 1.807) is 24.4 Å². The SMILES string of the molecule is CS(=O)(=O)c1ccc(Cl)cc1-c1ccc[nH]1. The van der Waals surface area contributed by atoms with Gasteiger partial charge in [-0.05, 0) is 30.3 Å². The van der Waals surface area contributed by atoms with E-state index in [1.807, 2.05) is 6.07 Å². The second-order valence-corrected chi connectivity index (χ2v) is 5.92. The van der Waals surface area contributed by atoms with Gasteiger partial charge < -0.3 is 4.98 Å². The number of sulfone groups is 1. The minimum atomic E-state index is -3.25. The maximum absolute atomic E-state index is 11.6. The van der Waals surface area contributed by atoms with E-state index in [4.69, 9.17) is 11.6 Å². The van der Waals surface area contributed by atoms with Gasteiger partial charge in [-0.25, -0.2) is 8.42 Å². The summed E-state index contributed by atoms with van der Waals surface area (Å²) in [5.74, 6) is 0. The molecule has 0 fully saturated rings. The zero-order valence-electron chi connectivity index (χ0n) is 8.57. The van der Waals surface area contributed by atoms with Crippen molar-refractivity contribution in [2.45, 2.75) is 4.90 Å². The summed E-state index contributed by atoms with van der Waals surface area (Å²) in [4.78, 5) is 3.25. The molecule has 2 aromatic rings. The van der Waals surface area contributed by atoms with Crippen molar-refractivity contribution in [3.05, 3.63) is 41.6 Å². The van der Waals surface area contributed by atoms with Crippen LogP contribution in [0, 0.1) is 0 Å². The third-order valence-electron chi connectivity index (χ3n) is 2.23. The van der Waals surface area contributed by atoms with Crippen molar-refractivity contribution in [1.29, 1.82) is 0 Å². The first-order chi connectivity index (χ1) is 7.48. The average molecular weight is 256 g/mol. The van der Waals surface area contributed by atoms with E-state index in [9.17, 15) is 8.42 Å². The van der Waals surface area contributed by atoms with Gasteiger partial charge >= 0.3 is 0 Å². The Morgan fingerprint density at radius 1 is 1.25 bits per heavy atom. The van der Waals surface area contributed by atoms with Crippen LogP contribution in [0.3, 0.4) is 0 Å². The molecule has 0 saturated carbocycles. The van der Waals surface area contributed by atoms with Crippen LogP contribution in [0.4, 0.5) is 0 Å². The lowest BCUT2D eigenvalue weighted by Gasteiger charge is -2.06. The Hall–Kier alpha value is -1.26. The largest absolute Gasteiger partial charge is 0.361 e. The summed E-state index contributed by atoms with van der Waals surface area (Å²) >= 11 is 5.88. The van der Waals surface area contributed by atoms with Gasteiger partial charge in [0.15, 0.2) is 9.84 Å². The topological polar surface area (TPSA) is 49.9 Å². The molecule has 0 unspecified atom stereocenters. The fraction of sp³-hybridized carbons (Fsp3) is 0.0909. The summed E-state index contributed by atoms with van der Waals surface area (Å²) in [7, 11) is -3.25. The van der Waals surface area contributed by atoms with Gasteiger partial charge in [-0.1, -0.05) is 11.6 Å². The molecule has 0 atom stereocenters. The summed E-state index contributed by atoms with van der Waals surface area (Å²) < 4.78 is 23.2. The third-order valence-corrected chi connectivity index (χ3v) is 3.62. The highest BCUT2D eigenvalue weighted by Crippen LogP contribution is 2.28. The fourth-order valence-corrected chi connectivity index (χ4v) is 2.59. The molecule has 1 aromatic carbocycles. The summed E-state index contributed by atoms with van der Waals surface area (Å²) in [6, 6.07) is 8.35. The molecule has 1 aromatic heterocycles. The molecule has 16 heavy (non-hydrogen) atoms. The highest BCUT2D eigenvalue weighted by atomic mass is 35.5. The summed E-state index contributed by atoms with van der Waals surface area (Å²) in [5, 5.41) is 0.511. The van der Waals surface area contributed by atoms with Crippen LogP contribution in [0.5, 0.6) is 0 Å². The Morgan fingerprint density at radius 3 is 2.56 bits per heavy atom. The lowest BCUT2D eigenvalue weighted by molar-refractivity contribution is 0.602. The number of hydrogen-bond donors (Lipinski definition) is 1. The first-order valence-corrected chi connectivity index (χ1v) is 6.89. The molecule has 0 spiro atoms. The van der Waals surface area contributed by atoms with Crippen LogP contribution >= 0.6 is 11.6 Å². The summed E-state index contributed by atoms with van der Waals surface area (Å²) in [5.41, 5.74) is 1.34. The van der Waals surface area contributed by atoms with Crippen LogP contribution in [-0.4, -0.2) is 19.7 Å². The van der Waals surface area contributed by atoms with Gasteiger partial charge in [0, 0.05) is 28.7 Å². The number of hydrogen-bond acceptors (Lipinski definition) is 2. The number of nitrogens with one attached hydrogen (secondary N) is 1. The van der Waals surface area contributed by atoms with E-state index in [0.717, 1.165) is 5.69 Å². The van der Waals surface area contributed by atoms with Gasteiger partial charge in [0.05, 0.1) is 4.90 Å². The van der Waals surface area contributed by atoms with E-state index < -0.39 is 9.84 Å². The zero-order chi connectivity index (χ0) is 11.8. The number of aromatic amines is 1. The Bertz CT molecular complexity index is 603. The van der Waals surface area contributed by atoms with Crippen molar-refractivity contribution in [3.63, 3.8) is 0 Å². The molecule has 1 heterocycles. The Balaban J connectivity index is 2.73. The monoisotopic (exact) mass is 255 g/mol. The van der Waals surface area contributed by atoms with Crippen molar-refractivity contribution in [2.75, 3.05) is 6.26 Å². The van der Waals surface area contributed by atoms with Crippen molar-refractivity contribution < 1.29 is 8.42 Å². The van der Waals surface area contributed by atoms with Gasteiger partial charge in [-0.15, -0.1) is 0 Å². The predicted molar refractivity (Wildman–Crippen MR) is 64.3 cm³/mol. The Kier molecular flexibility index (Phi) is 2.78. The number of H-pyrrole nitrogens is 1. The van der Waals surface area contributed by atoms with Gasteiger partial charge in [0.25, 0.3) is 0 Å². The lowest BCUT2D eigenvalue weighted by atomic mass is 10.1. The normalized spacial score (nSPS) is 11.6. The minimum absolute atomic E-state index is 0.277. The quantitative estimate of drug-likeness (QED) is 0.897. The molecule has 5 heteroatoms. The van der Waals surface area contributed by atoms with Gasteiger partial charge in [0.1, 0.15) is 0 Å². The van der Waals surface area contributed by atoms with Gasteiger partial charge in [0.2, 0.25) is 0 Å². The molecule has 0 bridgehead atoms. The zero-order valence-corrected chi connectivity index (χ0v) is 10.1. The molecule has 0 radical (unpaired) electrons. The second-order valence-electron chi connectivity index (χ2n) is 3.50. The number of halogens is 1. The van der Waals surface area contributed by atoms with E-state index in [2.05, 4.69) is 4.98 Å². The Morgan fingerprint density at radius 2 is 2.00 bits per heavy atom. The molecular formula is C11H10ClNO2S. The van der Waals surface area contributed by atoms with Crippen LogP contribution in [-0.2, 0) is 9.84 Å². The highest BCUT2D eigenvalue weighted by molar-refractivity contribution is 7.90. The first kappa shape index (κ1) is 11.2. The molecule has 0 aliphatic heterocycles. The highest BCUT2D eigenvalue weighted by Gasteiger charge is 2.15. The molecular weight excluding hydrogens is 246 g/mol. The summed E-state index contributed by atoms with van der Waals surface area (Å²) in [6.07, 6.45) is 2.92. The van der Waals surface area contributed by atoms with Gasteiger partial charge in [-0.3, -0.25) is 0 Å². The average Bonchev–Trinajstić information content (AvgIpc) is 2.68. The van der Waals surface area contributed by atoms with Crippen molar-refractivity contribution in [2.24, 2.45) is 0 Å². The van der Waals surface area contributed by atoms with Crippen molar-refractivity contribution in [3.8, 4) is 11.3 Å². The third kappa shape index (κ3) is 2.13. The molecule has 1 N–H and O–H groups in total. The molecule has 0 aliphatic carbocycles. The molecule has 0 aliphatic rings. The lowest BCUT2D eigenvalue weighted by Crippen LogP contribution is -1.99.